The van der Waals surface area contributed by atoms with Crippen molar-refractivity contribution in [2.24, 2.45) is 10.9 Å². The smallest absolute Gasteiger partial charge is 0.225 e. The highest BCUT2D eigenvalue weighted by atomic mass is 127. The van der Waals surface area contributed by atoms with Crippen LogP contribution in [0.25, 0.3) is 0 Å². The van der Waals surface area contributed by atoms with Crippen LogP contribution in [0.15, 0.2) is 23.2 Å². The Morgan fingerprint density at radius 2 is 2.00 bits per heavy atom. The van der Waals surface area contributed by atoms with E-state index in [1.54, 1.807) is 7.11 Å². The number of aryl methyl sites for hydroxylation is 1. The van der Waals surface area contributed by atoms with Gasteiger partial charge in [0, 0.05) is 38.1 Å². The van der Waals surface area contributed by atoms with Gasteiger partial charge >= 0.3 is 0 Å². The third-order valence-corrected chi connectivity index (χ3v) is 6.23. The van der Waals surface area contributed by atoms with E-state index >= 15 is 0 Å². The lowest BCUT2D eigenvalue weighted by Gasteiger charge is -2.26. The number of methoxy groups -OCH3 is 1. The fraction of sp³-hybridized carbons (Fsp3) is 0.667. The van der Waals surface area contributed by atoms with Gasteiger partial charge in [-0.1, -0.05) is 37.0 Å². The van der Waals surface area contributed by atoms with E-state index in [1.165, 1.54) is 30.4 Å². The zero-order valence-electron chi connectivity index (χ0n) is 19.3. The third kappa shape index (κ3) is 7.54. The molecule has 1 saturated heterocycles. The van der Waals surface area contributed by atoms with Gasteiger partial charge in [0.25, 0.3) is 0 Å². The van der Waals surface area contributed by atoms with Crippen molar-refractivity contribution in [3.63, 3.8) is 0 Å². The number of guanidine groups is 1. The third-order valence-electron chi connectivity index (χ3n) is 6.23. The van der Waals surface area contributed by atoms with Crippen LogP contribution in [-0.2, 0) is 11.2 Å². The predicted octanol–water partition coefficient (Wildman–Crippen LogP) is 3.90. The van der Waals surface area contributed by atoms with E-state index in [2.05, 4.69) is 41.5 Å². The number of carbonyl (C=O) groups is 1. The van der Waals surface area contributed by atoms with Gasteiger partial charge in [-0.2, -0.15) is 0 Å². The van der Waals surface area contributed by atoms with Gasteiger partial charge in [-0.05, 0) is 51.2 Å². The molecule has 2 aliphatic rings. The van der Waals surface area contributed by atoms with E-state index in [-0.39, 0.29) is 35.9 Å². The van der Waals surface area contributed by atoms with Crippen LogP contribution in [0.5, 0.6) is 5.75 Å². The number of halogens is 1. The number of ether oxygens (including phenoxy) is 1. The summed E-state index contributed by atoms with van der Waals surface area (Å²) < 4.78 is 5.48. The van der Waals surface area contributed by atoms with Gasteiger partial charge < -0.3 is 20.3 Å². The number of carbonyl (C=O) groups excluding carboxylic acids is 1. The zero-order chi connectivity index (χ0) is 21.3. The fourth-order valence-corrected chi connectivity index (χ4v) is 4.59. The molecule has 2 N–H and O–H groups in total. The summed E-state index contributed by atoms with van der Waals surface area (Å²) in [5, 5.41) is 6.89. The van der Waals surface area contributed by atoms with Crippen molar-refractivity contribution in [1.82, 2.24) is 15.5 Å². The Morgan fingerprint density at radius 1 is 1.23 bits per heavy atom. The Kier molecular flexibility index (Phi) is 10.9. The first-order valence-electron chi connectivity index (χ1n) is 11.6. The van der Waals surface area contributed by atoms with E-state index in [9.17, 15) is 4.79 Å². The summed E-state index contributed by atoms with van der Waals surface area (Å²) in [5.74, 6) is 2.37. The maximum absolute atomic E-state index is 12.8. The normalized spacial score (nSPS) is 19.6. The number of nitrogens with one attached hydrogen (secondary N) is 2. The molecule has 1 heterocycles. The molecule has 6 nitrogen and oxygen atoms in total. The van der Waals surface area contributed by atoms with Crippen molar-refractivity contribution >= 4 is 35.8 Å². The summed E-state index contributed by atoms with van der Waals surface area (Å²) in [6.07, 6.45) is 7.64. The molecule has 3 rings (SSSR count). The van der Waals surface area contributed by atoms with Crippen LogP contribution in [-0.4, -0.2) is 56.1 Å². The van der Waals surface area contributed by atoms with E-state index in [0.717, 1.165) is 57.0 Å². The molecule has 0 aromatic heterocycles. The highest BCUT2D eigenvalue weighted by molar-refractivity contribution is 14.0. The summed E-state index contributed by atoms with van der Waals surface area (Å²) in [6.45, 7) is 7.31. The maximum atomic E-state index is 12.8. The molecule has 1 saturated carbocycles. The van der Waals surface area contributed by atoms with E-state index < -0.39 is 0 Å². The summed E-state index contributed by atoms with van der Waals surface area (Å²) in [7, 11) is 1.71. The van der Waals surface area contributed by atoms with Gasteiger partial charge in [0.2, 0.25) is 5.91 Å². The summed E-state index contributed by atoms with van der Waals surface area (Å²) in [4.78, 5) is 19.7. The van der Waals surface area contributed by atoms with Gasteiger partial charge in [-0.15, -0.1) is 24.0 Å². The summed E-state index contributed by atoms with van der Waals surface area (Å²) in [6, 6.07) is 6.52. The monoisotopic (exact) mass is 542 g/mol. The van der Waals surface area contributed by atoms with Crippen LogP contribution >= 0.6 is 24.0 Å². The summed E-state index contributed by atoms with van der Waals surface area (Å²) >= 11 is 0. The SMILES string of the molecule is CCNC(=NCCc1cc(C)ccc1OC)NC1CCN(C(=O)C2CCCCC2)C1.I. The van der Waals surface area contributed by atoms with Crippen molar-refractivity contribution in [2.45, 2.75) is 64.8 Å². The second kappa shape index (κ2) is 13.1. The molecule has 1 unspecified atom stereocenters. The Hall–Kier alpha value is -1.51. The second-order valence-electron chi connectivity index (χ2n) is 8.58. The van der Waals surface area contributed by atoms with Gasteiger partial charge in [-0.25, -0.2) is 0 Å². The maximum Gasteiger partial charge on any atom is 0.225 e. The highest BCUT2D eigenvalue weighted by Gasteiger charge is 2.31. The number of rotatable bonds is 7. The molecule has 1 atom stereocenters. The minimum atomic E-state index is 0. The van der Waals surface area contributed by atoms with Crippen LogP contribution in [0.3, 0.4) is 0 Å². The molecule has 1 aromatic rings. The minimum absolute atomic E-state index is 0. The first-order chi connectivity index (χ1) is 14.6. The number of hydrogen-bond acceptors (Lipinski definition) is 3. The lowest BCUT2D eigenvalue weighted by atomic mass is 9.88. The molecular weight excluding hydrogens is 503 g/mol. The molecule has 31 heavy (non-hydrogen) atoms. The predicted molar refractivity (Wildman–Crippen MR) is 138 cm³/mol. The molecule has 0 radical (unpaired) electrons. The first kappa shape index (κ1) is 25.7. The lowest BCUT2D eigenvalue weighted by molar-refractivity contribution is -0.135. The number of nitrogens with zero attached hydrogens (tertiary/aromatic N) is 2. The molecule has 0 spiro atoms. The quantitative estimate of drug-likeness (QED) is 0.312. The molecule has 7 heteroatoms. The van der Waals surface area contributed by atoms with Crippen molar-refractivity contribution in [3.8, 4) is 5.75 Å². The molecule has 2 fully saturated rings. The first-order valence-corrected chi connectivity index (χ1v) is 11.6. The number of amides is 1. The van der Waals surface area contributed by atoms with Crippen LogP contribution in [0.4, 0.5) is 0 Å². The fourth-order valence-electron chi connectivity index (χ4n) is 4.59. The Labute approximate surface area is 204 Å². The molecule has 1 amide bonds. The van der Waals surface area contributed by atoms with Crippen LogP contribution in [0, 0.1) is 12.8 Å². The van der Waals surface area contributed by atoms with E-state index in [0.29, 0.717) is 12.5 Å². The Morgan fingerprint density at radius 3 is 2.71 bits per heavy atom. The Bertz CT molecular complexity index is 734. The average molecular weight is 543 g/mol. The summed E-state index contributed by atoms with van der Waals surface area (Å²) in [5.41, 5.74) is 2.41. The van der Waals surface area contributed by atoms with Crippen molar-refractivity contribution in [2.75, 3.05) is 33.3 Å². The number of aliphatic imine (C=N–C) groups is 1. The number of likely N-dealkylation sites (tertiary alicyclic amines) is 1. The lowest BCUT2D eigenvalue weighted by Crippen LogP contribution is -2.45. The topological polar surface area (TPSA) is 66.0 Å². The van der Waals surface area contributed by atoms with Crippen molar-refractivity contribution < 1.29 is 9.53 Å². The van der Waals surface area contributed by atoms with E-state index in [4.69, 9.17) is 9.73 Å². The number of benzene rings is 1. The highest BCUT2D eigenvalue weighted by Crippen LogP contribution is 2.26. The van der Waals surface area contributed by atoms with Crippen molar-refractivity contribution in [3.05, 3.63) is 29.3 Å². The van der Waals surface area contributed by atoms with Crippen LogP contribution in [0.1, 0.15) is 56.6 Å². The molecule has 174 valence electrons. The minimum Gasteiger partial charge on any atom is -0.496 e. The second-order valence-corrected chi connectivity index (χ2v) is 8.58. The van der Waals surface area contributed by atoms with Gasteiger partial charge in [0.1, 0.15) is 5.75 Å². The Balaban J connectivity index is 0.00000341. The largest absolute Gasteiger partial charge is 0.496 e. The van der Waals surface area contributed by atoms with Gasteiger partial charge in [0.15, 0.2) is 5.96 Å². The molecular formula is C24H39IN4O2. The average Bonchev–Trinajstić information content (AvgIpc) is 3.22. The van der Waals surface area contributed by atoms with Crippen LogP contribution < -0.4 is 15.4 Å². The van der Waals surface area contributed by atoms with Crippen LogP contribution in [0.2, 0.25) is 0 Å². The number of hydrogen-bond donors (Lipinski definition) is 2. The standard InChI is InChI=1S/C24H38N4O2.HI/c1-4-25-24(26-14-12-20-16-18(2)10-11-22(20)30-3)27-21-13-15-28(17-21)23(29)19-8-6-5-7-9-19;/h10-11,16,19,21H,4-9,12-15,17H2,1-3H3,(H2,25,26,27);1H. The zero-order valence-corrected chi connectivity index (χ0v) is 21.6. The molecule has 1 aliphatic carbocycles. The molecule has 0 bridgehead atoms. The van der Waals surface area contributed by atoms with E-state index in [1.807, 2.05) is 6.07 Å². The molecule has 1 aliphatic heterocycles. The molecule has 1 aromatic carbocycles. The van der Waals surface area contributed by atoms with Gasteiger partial charge in [-0.3, -0.25) is 9.79 Å². The van der Waals surface area contributed by atoms with Crippen molar-refractivity contribution in [1.29, 1.82) is 0 Å². The van der Waals surface area contributed by atoms with Gasteiger partial charge in [0.05, 0.1) is 7.11 Å².